The smallest absolute Gasteiger partial charge is 0.216 e. The van der Waals surface area contributed by atoms with Gasteiger partial charge in [-0.15, -0.1) is 4.12 Å². The summed E-state index contributed by atoms with van der Waals surface area (Å²) >= 11 is 11.6. The Morgan fingerprint density at radius 3 is 2.38 bits per heavy atom. The summed E-state index contributed by atoms with van der Waals surface area (Å²) in [6, 6.07) is 0. The predicted octanol–water partition coefficient (Wildman–Crippen LogP) is 1.69. The fraction of sp³-hybridized carbons (Fsp3) is 0. The molecule has 0 aromatic carbocycles. The van der Waals surface area contributed by atoms with Crippen molar-refractivity contribution in [3.05, 3.63) is 20.8 Å². The zero-order valence-corrected chi connectivity index (χ0v) is 5.93. The summed E-state index contributed by atoms with van der Waals surface area (Å²) in [4.78, 5) is 0. The SMILES string of the molecule is [O-][n+]1cc(Cl)c(Cl)s1. The number of rotatable bonds is 0. The molecule has 2 nitrogen and oxygen atoms in total. The van der Waals surface area contributed by atoms with Crippen LogP contribution in [0.4, 0.5) is 0 Å². The highest BCUT2D eigenvalue weighted by Crippen LogP contribution is 2.22. The second-order valence-corrected chi connectivity index (χ2v) is 3.09. The van der Waals surface area contributed by atoms with E-state index in [0.29, 0.717) is 13.5 Å². The van der Waals surface area contributed by atoms with E-state index in [9.17, 15) is 5.21 Å². The molecule has 0 aliphatic rings. The van der Waals surface area contributed by atoms with Gasteiger partial charge in [0.05, 0.1) is 0 Å². The molecule has 0 spiro atoms. The number of aromatic nitrogens is 1. The van der Waals surface area contributed by atoms with Crippen molar-refractivity contribution < 1.29 is 4.12 Å². The Kier molecular flexibility index (Phi) is 1.60. The van der Waals surface area contributed by atoms with Crippen LogP contribution in [0.3, 0.4) is 0 Å². The Morgan fingerprint density at radius 1 is 1.62 bits per heavy atom. The summed E-state index contributed by atoms with van der Waals surface area (Å²) in [5.74, 6) is 0. The topological polar surface area (TPSA) is 26.9 Å². The number of hydrogen-bond donors (Lipinski definition) is 0. The van der Waals surface area contributed by atoms with Gasteiger partial charge >= 0.3 is 0 Å². The van der Waals surface area contributed by atoms with Gasteiger partial charge in [0.15, 0.2) is 15.9 Å². The van der Waals surface area contributed by atoms with Gasteiger partial charge in [-0.25, -0.2) is 0 Å². The van der Waals surface area contributed by atoms with E-state index in [0.717, 1.165) is 11.5 Å². The van der Waals surface area contributed by atoms with Crippen LogP contribution in [0.15, 0.2) is 6.20 Å². The molecule has 0 bridgehead atoms. The molecule has 0 amide bonds. The minimum Gasteiger partial charge on any atom is -0.606 e. The minimum absolute atomic E-state index is 0.312. The molecular formula is C3HCl2NOS. The number of hydrogen-bond acceptors (Lipinski definition) is 2. The first-order valence-corrected chi connectivity index (χ1v) is 3.27. The molecule has 0 atom stereocenters. The Hall–Kier alpha value is 0.01000. The van der Waals surface area contributed by atoms with E-state index < -0.39 is 0 Å². The molecule has 1 aromatic heterocycles. The first kappa shape index (κ1) is 6.13. The first-order valence-electron chi connectivity index (χ1n) is 1.74. The maximum absolute atomic E-state index is 10.3. The van der Waals surface area contributed by atoms with Gasteiger partial charge in [0.2, 0.25) is 6.20 Å². The van der Waals surface area contributed by atoms with Crippen molar-refractivity contribution in [2.24, 2.45) is 0 Å². The lowest BCUT2D eigenvalue weighted by molar-refractivity contribution is -0.529. The van der Waals surface area contributed by atoms with Crippen LogP contribution in [-0.2, 0) is 0 Å². The molecule has 0 N–H and O–H groups in total. The Bertz CT molecular complexity index is 180. The van der Waals surface area contributed by atoms with E-state index in [1.165, 1.54) is 6.20 Å². The number of nitrogens with zero attached hydrogens (tertiary/aromatic N) is 1. The van der Waals surface area contributed by atoms with Crippen molar-refractivity contribution in [1.29, 1.82) is 0 Å². The van der Waals surface area contributed by atoms with Crippen molar-refractivity contribution in [1.82, 2.24) is 0 Å². The molecule has 0 saturated heterocycles. The van der Waals surface area contributed by atoms with Gasteiger partial charge < -0.3 is 5.21 Å². The van der Waals surface area contributed by atoms with E-state index >= 15 is 0 Å². The quantitative estimate of drug-likeness (QED) is 0.429. The lowest BCUT2D eigenvalue weighted by atomic mass is 10.8. The Morgan fingerprint density at radius 2 is 2.25 bits per heavy atom. The summed E-state index contributed by atoms with van der Waals surface area (Å²) in [7, 11) is 0. The molecule has 0 saturated carbocycles. The average molecular weight is 170 g/mol. The summed E-state index contributed by atoms with van der Waals surface area (Å²) in [5, 5.41) is 10.6. The van der Waals surface area contributed by atoms with Crippen molar-refractivity contribution in [3.63, 3.8) is 0 Å². The van der Waals surface area contributed by atoms with Crippen molar-refractivity contribution >= 4 is 34.7 Å². The fourth-order valence-electron chi connectivity index (χ4n) is 0.292. The molecule has 0 fully saturated rings. The van der Waals surface area contributed by atoms with Gasteiger partial charge in [0, 0.05) is 0 Å². The van der Waals surface area contributed by atoms with Gasteiger partial charge in [-0.1, -0.05) is 23.2 Å². The number of halogens is 2. The highest BCUT2D eigenvalue weighted by atomic mass is 35.5. The normalized spacial score (nSPS) is 9.75. The standard InChI is InChI=1S/C3HCl2NOS/c4-2-1-6(7)8-3(2)5/h1H. The zero-order chi connectivity index (χ0) is 6.15. The monoisotopic (exact) mass is 169 g/mol. The van der Waals surface area contributed by atoms with Crippen LogP contribution >= 0.6 is 34.7 Å². The Balaban J connectivity index is 3.14. The molecule has 5 heteroatoms. The van der Waals surface area contributed by atoms with E-state index in [1.807, 2.05) is 0 Å². The van der Waals surface area contributed by atoms with E-state index in [2.05, 4.69) is 0 Å². The van der Waals surface area contributed by atoms with Crippen molar-refractivity contribution in [2.75, 3.05) is 0 Å². The lowest BCUT2D eigenvalue weighted by Crippen LogP contribution is -2.16. The predicted molar refractivity (Wildman–Crippen MR) is 33.3 cm³/mol. The molecule has 1 aromatic rings. The highest BCUT2D eigenvalue weighted by molar-refractivity contribution is 7.07. The van der Waals surface area contributed by atoms with Crippen LogP contribution in [0.25, 0.3) is 0 Å². The summed E-state index contributed by atoms with van der Waals surface area (Å²) < 4.78 is 0.937. The van der Waals surface area contributed by atoms with Crippen LogP contribution in [0.1, 0.15) is 0 Å². The third-order valence-corrected chi connectivity index (χ3v) is 2.15. The molecular weight excluding hydrogens is 169 g/mol. The van der Waals surface area contributed by atoms with Crippen LogP contribution in [0.5, 0.6) is 0 Å². The highest BCUT2D eigenvalue weighted by Gasteiger charge is 2.05. The summed E-state index contributed by atoms with van der Waals surface area (Å²) in [6.07, 6.45) is 1.22. The minimum atomic E-state index is 0.312. The Labute approximate surface area is 60.0 Å². The maximum Gasteiger partial charge on any atom is 0.216 e. The van der Waals surface area contributed by atoms with Crippen molar-refractivity contribution in [3.8, 4) is 0 Å². The van der Waals surface area contributed by atoms with Gasteiger partial charge in [0.1, 0.15) is 5.02 Å². The molecule has 0 aliphatic heterocycles. The van der Waals surface area contributed by atoms with Crippen LogP contribution in [0.2, 0.25) is 9.36 Å². The second kappa shape index (κ2) is 2.09. The van der Waals surface area contributed by atoms with E-state index in [4.69, 9.17) is 23.2 Å². The van der Waals surface area contributed by atoms with E-state index in [-0.39, 0.29) is 0 Å². The largest absolute Gasteiger partial charge is 0.606 e. The van der Waals surface area contributed by atoms with Gasteiger partial charge in [-0.05, 0) is 0 Å². The fourth-order valence-corrected chi connectivity index (χ4v) is 1.25. The molecule has 0 unspecified atom stereocenters. The average Bonchev–Trinajstić information content (AvgIpc) is 1.85. The molecule has 0 radical (unpaired) electrons. The molecule has 0 aliphatic carbocycles. The third kappa shape index (κ3) is 1.05. The summed E-state index contributed by atoms with van der Waals surface area (Å²) in [5.41, 5.74) is 0. The molecule has 1 heterocycles. The molecule has 8 heavy (non-hydrogen) atoms. The van der Waals surface area contributed by atoms with Crippen LogP contribution < -0.4 is 4.12 Å². The molecule has 44 valence electrons. The third-order valence-electron chi connectivity index (χ3n) is 0.577. The van der Waals surface area contributed by atoms with Crippen LogP contribution in [-0.4, -0.2) is 0 Å². The maximum atomic E-state index is 10.3. The molecule has 1 rings (SSSR count). The second-order valence-electron chi connectivity index (χ2n) is 1.13. The van der Waals surface area contributed by atoms with Gasteiger partial charge in [-0.2, -0.15) is 0 Å². The van der Waals surface area contributed by atoms with Crippen LogP contribution in [0, 0.1) is 5.21 Å². The lowest BCUT2D eigenvalue weighted by Gasteiger charge is -1.77. The van der Waals surface area contributed by atoms with Crippen molar-refractivity contribution in [2.45, 2.75) is 0 Å². The van der Waals surface area contributed by atoms with Gasteiger partial charge in [0.25, 0.3) is 0 Å². The van der Waals surface area contributed by atoms with Gasteiger partial charge in [-0.3, -0.25) is 0 Å². The summed E-state index contributed by atoms with van der Waals surface area (Å²) in [6.45, 7) is 0. The van der Waals surface area contributed by atoms with E-state index in [1.54, 1.807) is 0 Å². The zero-order valence-electron chi connectivity index (χ0n) is 3.60. The first-order chi connectivity index (χ1) is 3.70.